The predicted octanol–water partition coefficient (Wildman–Crippen LogP) is 3.51. The van der Waals surface area contributed by atoms with Gasteiger partial charge in [-0.05, 0) is 25.1 Å². The largest absolute Gasteiger partial charge is 0.478 e. The fourth-order valence-electron chi connectivity index (χ4n) is 1.57. The fourth-order valence-corrected chi connectivity index (χ4v) is 2.36. The lowest BCUT2D eigenvalue weighted by Gasteiger charge is -2.08. The third-order valence-electron chi connectivity index (χ3n) is 2.62. The maximum Gasteiger partial charge on any atom is 0.336 e. The van der Waals surface area contributed by atoms with Crippen molar-refractivity contribution >= 4 is 23.0 Å². The second kappa shape index (κ2) is 5.18. The third-order valence-corrected chi connectivity index (χ3v) is 3.56. The van der Waals surface area contributed by atoms with E-state index in [1.165, 1.54) is 17.4 Å². The van der Waals surface area contributed by atoms with Crippen LogP contribution in [-0.4, -0.2) is 11.1 Å². The van der Waals surface area contributed by atoms with Crippen LogP contribution in [0.4, 0.5) is 10.1 Å². The molecular formula is C13H12FNO2S. The monoisotopic (exact) mass is 265 g/mol. The standard InChI is InChI=1S/C13H12FNO2S/c1-8-11(14)3-2-4-12(8)15-6-10-5-9(7-18-10)13(16)17/h2-5,7,15H,6H2,1H3,(H,16,17). The van der Waals surface area contributed by atoms with Crippen LogP contribution in [0.25, 0.3) is 0 Å². The van der Waals surface area contributed by atoms with E-state index in [9.17, 15) is 9.18 Å². The Hall–Kier alpha value is -1.88. The van der Waals surface area contributed by atoms with Crippen LogP contribution in [0.1, 0.15) is 20.8 Å². The normalized spacial score (nSPS) is 10.3. The molecule has 0 saturated heterocycles. The van der Waals surface area contributed by atoms with Crippen LogP contribution in [0.2, 0.25) is 0 Å². The van der Waals surface area contributed by atoms with Crippen LogP contribution in [-0.2, 0) is 6.54 Å². The second-order valence-corrected chi connectivity index (χ2v) is 4.87. The molecule has 0 radical (unpaired) electrons. The Bertz CT molecular complexity index is 580. The van der Waals surface area contributed by atoms with Gasteiger partial charge in [0.15, 0.2) is 0 Å². The van der Waals surface area contributed by atoms with Crippen molar-refractivity contribution < 1.29 is 14.3 Å². The summed E-state index contributed by atoms with van der Waals surface area (Å²) in [5, 5.41) is 13.5. The van der Waals surface area contributed by atoms with Crippen LogP contribution in [0.15, 0.2) is 29.6 Å². The Morgan fingerprint density at radius 3 is 2.94 bits per heavy atom. The number of carboxylic acids is 1. The first-order valence-corrected chi connectivity index (χ1v) is 6.25. The summed E-state index contributed by atoms with van der Waals surface area (Å²) in [5.41, 5.74) is 1.57. The number of halogens is 1. The quantitative estimate of drug-likeness (QED) is 0.889. The highest BCUT2D eigenvalue weighted by Gasteiger charge is 2.07. The molecule has 0 spiro atoms. The van der Waals surface area contributed by atoms with Gasteiger partial charge in [0.05, 0.1) is 5.56 Å². The number of thiophene rings is 1. The number of carboxylic acid groups (broad SMARTS) is 1. The molecule has 0 amide bonds. The average molecular weight is 265 g/mol. The van der Waals surface area contributed by atoms with Gasteiger partial charge in [0.2, 0.25) is 0 Å². The van der Waals surface area contributed by atoms with Gasteiger partial charge < -0.3 is 10.4 Å². The van der Waals surface area contributed by atoms with E-state index >= 15 is 0 Å². The van der Waals surface area contributed by atoms with E-state index in [4.69, 9.17) is 5.11 Å². The molecule has 3 nitrogen and oxygen atoms in total. The summed E-state index contributed by atoms with van der Waals surface area (Å²) < 4.78 is 13.3. The molecule has 2 rings (SSSR count). The molecule has 18 heavy (non-hydrogen) atoms. The molecule has 0 aliphatic heterocycles. The zero-order valence-corrected chi connectivity index (χ0v) is 10.6. The summed E-state index contributed by atoms with van der Waals surface area (Å²) >= 11 is 1.37. The van der Waals surface area contributed by atoms with Gasteiger partial charge in [-0.2, -0.15) is 0 Å². The highest BCUT2D eigenvalue weighted by Crippen LogP contribution is 2.20. The van der Waals surface area contributed by atoms with Crippen molar-refractivity contribution in [2.24, 2.45) is 0 Å². The maximum absolute atomic E-state index is 13.3. The molecule has 0 atom stereocenters. The maximum atomic E-state index is 13.3. The van der Waals surface area contributed by atoms with Crippen molar-refractivity contribution in [3.05, 3.63) is 51.5 Å². The zero-order valence-electron chi connectivity index (χ0n) is 9.74. The summed E-state index contributed by atoms with van der Waals surface area (Å²) in [7, 11) is 0. The van der Waals surface area contributed by atoms with Crippen molar-refractivity contribution in [3.8, 4) is 0 Å². The molecule has 0 aliphatic rings. The van der Waals surface area contributed by atoms with Gasteiger partial charge in [0, 0.05) is 28.1 Å². The van der Waals surface area contributed by atoms with Crippen molar-refractivity contribution in [1.82, 2.24) is 0 Å². The van der Waals surface area contributed by atoms with Crippen LogP contribution in [0, 0.1) is 12.7 Å². The number of anilines is 1. The van der Waals surface area contributed by atoms with E-state index in [1.807, 2.05) is 0 Å². The first-order chi connectivity index (χ1) is 8.58. The molecule has 0 saturated carbocycles. The summed E-state index contributed by atoms with van der Waals surface area (Å²) in [6, 6.07) is 6.47. The van der Waals surface area contributed by atoms with E-state index < -0.39 is 5.97 Å². The van der Waals surface area contributed by atoms with Gasteiger partial charge >= 0.3 is 5.97 Å². The molecule has 0 fully saturated rings. The lowest BCUT2D eigenvalue weighted by Crippen LogP contribution is -2.01. The number of benzene rings is 1. The molecule has 1 aromatic heterocycles. The van der Waals surface area contributed by atoms with Crippen LogP contribution in [0.3, 0.4) is 0 Å². The smallest absolute Gasteiger partial charge is 0.336 e. The van der Waals surface area contributed by atoms with Gasteiger partial charge in [-0.1, -0.05) is 6.07 Å². The number of aromatic carboxylic acids is 1. The van der Waals surface area contributed by atoms with Gasteiger partial charge in [-0.25, -0.2) is 9.18 Å². The lowest BCUT2D eigenvalue weighted by molar-refractivity contribution is 0.0697. The SMILES string of the molecule is Cc1c(F)cccc1NCc1cc(C(=O)O)cs1. The van der Waals surface area contributed by atoms with E-state index in [0.717, 1.165) is 10.6 Å². The molecule has 1 heterocycles. The number of hydrogen-bond donors (Lipinski definition) is 2. The molecule has 94 valence electrons. The number of rotatable bonds is 4. The Labute approximate surface area is 108 Å². The Morgan fingerprint density at radius 1 is 1.50 bits per heavy atom. The van der Waals surface area contributed by atoms with Gasteiger partial charge in [0.1, 0.15) is 5.82 Å². The highest BCUT2D eigenvalue weighted by atomic mass is 32.1. The summed E-state index contributed by atoms with van der Waals surface area (Å²) in [6.07, 6.45) is 0. The fraction of sp³-hybridized carbons (Fsp3) is 0.154. The predicted molar refractivity (Wildman–Crippen MR) is 69.7 cm³/mol. The lowest BCUT2D eigenvalue weighted by atomic mass is 10.2. The Morgan fingerprint density at radius 2 is 2.28 bits per heavy atom. The number of carbonyl (C=O) groups is 1. The Kier molecular flexibility index (Phi) is 3.62. The molecule has 2 N–H and O–H groups in total. The number of hydrogen-bond acceptors (Lipinski definition) is 3. The first-order valence-electron chi connectivity index (χ1n) is 5.37. The molecule has 0 bridgehead atoms. The Balaban J connectivity index is 2.07. The van der Waals surface area contributed by atoms with Crippen LogP contribution in [0.5, 0.6) is 0 Å². The third kappa shape index (κ3) is 2.68. The number of nitrogens with one attached hydrogen (secondary N) is 1. The molecule has 2 aromatic rings. The van der Waals surface area contributed by atoms with Crippen molar-refractivity contribution in [2.75, 3.05) is 5.32 Å². The zero-order chi connectivity index (χ0) is 13.1. The van der Waals surface area contributed by atoms with E-state index in [0.29, 0.717) is 12.1 Å². The van der Waals surface area contributed by atoms with Crippen molar-refractivity contribution in [3.63, 3.8) is 0 Å². The summed E-state index contributed by atoms with van der Waals surface area (Å²) in [4.78, 5) is 11.6. The van der Waals surface area contributed by atoms with Gasteiger partial charge in [0.25, 0.3) is 0 Å². The molecule has 5 heteroatoms. The van der Waals surface area contributed by atoms with Crippen molar-refractivity contribution in [2.45, 2.75) is 13.5 Å². The highest BCUT2D eigenvalue weighted by molar-refractivity contribution is 7.10. The molecule has 0 unspecified atom stereocenters. The topological polar surface area (TPSA) is 49.3 Å². The van der Waals surface area contributed by atoms with Gasteiger partial charge in [-0.15, -0.1) is 11.3 Å². The van der Waals surface area contributed by atoms with E-state index in [-0.39, 0.29) is 11.4 Å². The molecular weight excluding hydrogens is 253 g/mol. The molecule has 1 aromatic carbocycles. The minimum absolute atomic E-state index is 0.252. The molecule has 0 aliphatic carbocycles. The van der Waals surface area contributed by atoms with Crippen molar-refractivity contribution in [1.29, 1.82) is 0 Å². The van der Waals surface area contributed by atoms with Gasteiger partial charge in [-0.3, -0.25) is 0 Å². The summed E-state index contributed by atoms with van der Waals surface area (Å²) in [6.45, 7) is 2.19. The average Bonchev–Trinajstić information content (AvgIpc) is 2.80. The first kappa shape index (κ1) is 12.6. The van der Waals surface area contributed by atoms with E-state index in [2.05, 4.69) is 5.32 Å². The van der Waals surface area contributed by atoms with E-state index in [1.54, 1.807) is 30.5 Å². The minimum Gasteiger partial charge on any atom is -0.478 e. The summed E-state index contributed by atoms with van der Waals surface area (Å²) in [5.74, 6) is -1.18. The minimum atomic E-state index is -0.931. The van der Waals surface area contributed by atoms with Crippen LogP contribution < -0.4 is 5.32 Å². The van der Waals surface area contributed by atoms with Crippen LogP contribution >= 0.6 is 11.3 Å². The second-order valence-electron chi connectivity index (χ2n) is 3.87.